The van der Waals surface area contributed by atoms with Gasteiger partial charge in [0.2, 0.25) is 11.8 Å². The van der Waals surface area contributed by atoms with Crippen LogP contribution in [0.15, 0.2) is 54.7 Å². The Balaban J connectivity index is 0.856. The predicted octanol–water partition coefficient (Wildman–Crippen LogP) is 4.56. The highest BCUT2D eigenvalue weighted by Gasteiger charge is 2.45. The number of rotatable bonds is 7. The lowest BCUT2D eigenvalue weighted by Crippen LogP contribution is -2.54. The number of likely N-dealkylation sites (tertiary alicyclic amines) is 1. The highest BCUT2D eigenvalue weighted by atomic mass is 16.2. The van der Waals surface area contributed by atoms with Crippen molar-refractivity contribution in [2.45, 2.75) is 64.1 Å². The molecule has 0 bridgehead atoms. The molecule has 4 aliphatic rings. The van der Waals surface area contributed by atoms with Crippen molar-refractivity contribution in [3.8, 4) is 0 Å². The van der Waals surface area contributed by atoms with E-state index in [2.05, 4.69) is 43.5 Å². The smallest absolute Gasteiger partial charge is 0.262 e. The summed E-state index contributed by atoms with van der Waals surface area (Å²) in [4.78, 5) is 77.7. The minimum absolute atomic E-state index is 0.0808. The molecule has 3 fully saturated rings. The Bertz CT molecular complexity index is 2390. The van der Waals surface area contributed by atoms with Crippen LogP contribution in [0.1, 0.15) is 87.0 Å². The van der Waals surface area contributed by atoms with Gasteiger partial charge in [0.15, 0.2) is 0 Å². The molecule has 0 aliphatic carbocycles. The molecule has 7 heterocycles. The van der Waals surface area contributed by atoms with Crippen LogP contribution >= 0.6 is 0 Å². The van der Waals surface area contributed by atoms with Gasteiger partial charge in [-0.1, -0.05) is 6.07 Å². The van der Waals surface area contributed by atoms with Gasteiger partial charge in [-0.15, -0.1) is 0 Å². The molecule has 9 rings (SSSR count). The zero-order chi connectivity index (χ0) is 37.2. The van der Waals surface area contributed by atoms with Gasteiger partial charge in [0.05, 0.1) is 27.9 Å². The number of fused-ring (bicyclic) bond motifs is 3. The van der Waals surface area contributed by atoms with Crippen LogP contribution < -0.4 is 15.5 Å². The van der Waals surface area contributed by atoms with Crippen LogP contribution in [0.5, 0.6) is 0 Å². The molecule has 2 aromatic carbocycles. The van der Waals surface area contributed by atoms with Crippen molar-refractivity contribution in [1.29, 1.82) is 0 Å². The van der Waals surface area contributed by atoms with E-state index in [-0.39, 0.29) is 29.9 Å². The van der Waals surface area contributed by atoms with E-state index in [0.29, 0.717) is 29.9 Å². The van der Waals surface area contributed by atoms with Crippen molar-refractivity contribution in [3.05, 3.63) is 82.8 Å². The van der Waals surface area contributed by atoms with E-state index in [9.17, 15) is 24.0 Å². The Labute approximate surface area is 310 Å². The maximum Gasteiger partial charge on any atom is 0.262 e. The normalized spacial score (nSPS) is 21.1. The summed E-state index contributed by atoms with van der Waals surface area (Å²) in [6.07, 6.45) is 6.08. The lowest BCUT2D eigenvalue weighted by molar-refractivity contribution is -0.136. The molecule has 14 heteroatoms. The molecular formula is C40H41N9O5. The molecule has 5 aromatic rings. The minimum Gasteiger partial charge on any atom is -0.371 e. The first kappa shape index (κ1) is 33.9. The van der Waals surface area contributed by atoms with Gasteiger partial charge in [0, 0.05) is 72.1 Å². The number of nitrogens with one attached hydrogen (secondary N) is 3. The molecule has 14 nitrogen and oxygen atoms in total. The zero-order valence-corrected chi connectivity index (χ0v) is 30.2. The van der Waals surface area contributed by atoms with Crippen LogP contribution in [-0.2, 0) is 16.1 Å². The van der Waals surface area contributed by atoms with Crippen molar-refractivity contribution >= 4 is 62.8 Å². The van der Waals surface area contributed by atoms with E-state index < -0.39 is 29.7 Å². The van der Waals surface area contributed by atoms with Crippen molar-refractivity contribution < 1.29 is 24.0 Å². The van der Waals surface area contributed by atoms with E-state index in [1.54, 1.807) is 18.3 Å². The van der Waals surface area contributed by atoms with Crippen molar-refractivity contribution in [2.24, 2.45) is 5.92 Å². The molecule has 0 saturated carbocycles. The quantitative estimate of drug-likeness (QED) is 0.204. The summed E-state index contributed by atoms with van der Waals surface area (Å²) in [6, 6.07) is 14.4. The number of H-pyrrole nitrogens is 1. The van der Waals surface area contributed by atoms with Crippen LogP contribution in [0.3, 0.4) is 0 Å². The van der Waals surface area contributed by atoms with E-state index >= 15 is 0 Å². The van der Waals surface area contributed by atoms with Gasteiger partial charge >= 0.3 is 0 Å². The van der Waals surface area contributed by atoms with E-state index in [1.807, 2.05) is 41.9 Å². The molecule has 54 heavy (non-hydrogen) atoms. The van der Waals surface area contributed by atoms with Gasteiger partial charge in [-0.25, -0.2) is 4.98 Å². The maximum absolute atomic E-state index is 13.5. The van der Waals surface area contributed by atoms with Gasteiger partial charge in [-0.05, 0) is 94.9 Å². The molecule has 276 valence electrons. The second kappa shape index (κ2) is 13.2. The van der Waals surface area contributed by atoms with Crippen LogP contribution in [-0.4, -0.2) is 91.8 Å². The van der Waals surface area contributed by atoms with Gasteiger partial charge in [0.1, 0.15) is 11.9 Å². The number of benzene rings is 2. The summed E-state index contributed by atoms with van der Waals surface area (Å²) >= 11 is 0. The molecule has 0 spiro atoms. The number of nitrogens with zero attached hydrogens (tertiary/aromatic N) is 6. The van der Waals surface area contributed by atoms with Crippen LogP contribution in [0.25, 0.3) is 21.8 Å². The first-order chi connectivity index (χ1) is 26.1. The van der Waals surface area contributed by atoms with E-state index in [0.717, 1.165) is 77.0 Å². The Morgan fingerprint density at radius 2 is 1.72 bits per heavy atom. The molecule has 5 amide bonds. The first-order valence-corrected chi connectivity index (χ1v) is 18.7. The lowest BCUT2D eigenvalue weighted by atomic mass is 9.96. The number of imide groups is 2. The van der Waals surface area contributed by atoms with E-state index in [1.165, 1.54) is 12.1 Å². The second-order valence-corrected chi connectivity index (χ2v) is 15.1. The number of aryl methyl sites for hydroxylation is 1. The zero-order valence-electron chi connectivity index (χ0n) is 30.2. The summed E-state index contributed by atoms with van der Waals surface area (Å²) in [5.41, 5.74) is 5.86. The third-order valence-corrected chi connectivity index (χ3v) is 11.7. The second-order valence-electron chi connectivity index (χ2n) is 15.1. The number of carbonyl (C=O) groups is 5. The van der Waals surface area contributed by atoms with Crippen LogP contribution in [0.4, 0.5) is 11.5 Å². The summed E-state index contributed by atoms with van der Waals surface area (Å²) in [5, 5.41) is 12.1. The SMILES string of the molecule is Cc1nn(CC2CCN(c3ccc4c(c3)C(=O)N(C3CCC(=O)NC3=O)C4=O)CC2)c2cc(C(=O)Nc3cc4[nH]c([C@H]5CCCN5C)cc4cn3)ccc12. The predicted molar refractivity (Wildman–Crippen MR) is 201 cm³/mol. The number of pyridine rings is 1. The largest absolute Gasteiger partial charge is 0.371 e. The molecule has 0 radical (unpaired) electrons. The number of hydrogen-bond donors (Lipinski definition) is 3. The number of amides is 5. The van der Waals surface area contributed by atoms with Crippen molar-refractivity contribution in [3.63, 3.8) is 0 Å². The fourth-order valence-corrected chi connectivity index (χ4v) is 8.68. The highest BCUT2D eigenvalue weighted by molar-refractivity contribution is 6.23. The summed E-state index contributed by atoms with van der Waals surface area (Å²) in [5.74, 6) is -1.44. The number of carbonyl (C=O) groups excluding carboxylic acids is 5. The molecule has 3 aromatic heterocycles. The summed E-state index contributed by atoms with van der Waals surface area (Å²) < 4.78 is 2.01. The number of aromatic nitrogens is 4. The Morgan fingerprint density at radius 1 is 0.907 bits per heavy atom. The van der Waals surface area contributed by atoms with Gasteiger partial charge in [-0.2, -0.15) is 5.10 Å². The summed E-state index contributed by atoms with van der Waals surface area (Å²) in [6.45, 7) is 5.28. The topological polar surface area (TPSA) is 166 Å². The summed E-state index contributed by atoms with van der Waals surface area (Å²) in [7, 11) is 2.15. The average molecular weight is 728 g/mol. The number of anilines is 2. The van der Waals surface area contributed by atoms with Crippen molar-refractivity contribution in [1.82, 2.24) is 34.9 Å². The van der Waals surface area contributed by atoms with Crippen molar-refractivity contribution in [2.75, 3.05) is 36.9 Å². The Kier molecular flexibility index (Phi) is 8.29. The van der Waals surface area contributed by atoms with E-state index in [4.69, 9.17) is 5.10 Å². The van der Waals surface area contributed by atoms with Crippen LogP contribution in [0, 0.1) is 12.8 Å². The monoisotopic (exact) mass is 727 g/mol. The average Bonchev–Trinajstić information content (AvgIpc) is 3.92. The van der Waals surface area contributed by atoms with Crippen LogP contribution in [0.2, 0.25) is 0 Å². The molecule has 3 saturated heterocycles. The molecule has 1 unspecified atom stereocenters. The standard InChI is InChI=1S/C40H41N9O5/c1-22-27-7-5-24(37(51)43-35-19-30-25(20-41-35)16-31(42-30)32-4-3-13-46(32)2)17-34(27)48(45-22)21-23-11-14-47(15-12-23)26-6-8-28-29(18-26)40(54)49(39(28)53)33-9-10-36(50)44-38(33)52/h5-8,16-20,23,32-33,42H,3-4,9-15,21H2,1-2H3,(H,41,43,51)(H,44,50,52)/t32-,33?/m1/s1. The molecule has 4 aliphatic heterocycles. The van der Waals surface area contributed by atoms with Gasteiger partial charge in [-0.3, -0.25) is 43.8 Å². The fraction of sp³-hybridized carbons (Fsp3) is 0.375. The number of hydrogen-bond acceptors (Lipinski definition) is 9. The van der Waals surface area contributed by atoms with Gasteiger partial charge in [0.25, 0.3) is 17.7 Å². The maximum atomic E-state index is 13.5. The third-order valence-electron chi connectivity index (χ3n) is 11.7. The third kappa shape index (κ3) is 5.90. The fourth-order valence-electron chi connectivity index (χ4n) is 8.68. The molecular weight excluding hydrogens is 686 g/mol. The number of aromatic amines is 1. The first-order valence-electron chi connectivity index (χ1n) is 18.7. The molecule has 3 N–H and O–H groups in total. The molecule has 2 atom stereocenters. The highest BCUT2D eigenvalue weighted by Crippen LogP contribution is 2.34. The van der Waals surface area contributed by atoms with Gasteiger partial charge < -0.3 is 15.2 Å². The lowest BCUT2D eigenvalue weighted by Gasteiger charge is -2.34. The Morgan fingerprint density at radius 3 is 2.50 bits per heavy atom. The number of piperidine rings is 2. The Hall–Kier alpha value is -5.89. The minimum atomic E-state index is -0.990.